The Morgan fingerprint density at radius 1 is 1.56 bits per heavy atom. The molecule has 1 aromatic rings. The molecule has 0 fully saturated rings. The highest BCUT2D eigenvalue weighted by Crippen LogP contribution is 2.25. The van der Waals surface area contributed by atoms with Crippen LogP contribution in [0.3, 0.4) is 0 Å². The number of carbonyl (C=O) groups excluding carboxylic acids is 1. The third-order valence-corrected chi connectivity index (χ3v) is 3.82. The summed E-state index contributed by atoms with van der Waals surface area (Å²) in [5.41, 5.74) is 0.849. The molecule has 0 aliphatic rings. The van der Waals surface area contributed by atoms with E-state index in [0.29, 0.717) is 12.8 Å². The van der Waals surface area contributed by atoms with E-state index < -0.39 is 0 Å². The average molecular weight is 270 g/mol. The molecule has 102 valence electrons. The van der Waals surface area contributed by atoms with Crippen LogP contribution in [0.25, 0.3) is 0 Å². The lowest BCUT2D eigenvalue weighted by Crippen LogP contribution is -2.34. The molecule has 5 heteroatoms. The van der Waals surface area contributed by atoms with Crippen molar-refractivity contribution in [3.63, 3.8) is 0 Å². The zero-order valence-corrected chi connectivity index (χ0v) is 12.3. The third kappa shape index (κ3) is 4.74. The molecule has 1 aromatic heterocycles. The van der Waals surface area contributed by atoms with Crippen LogP contribution in [0.5, 0.6) is 0 Å². The summed E-state index contributed by atoms with van der Waals surface area (Å²) in [6.07, 6.45) is 0.887. The number of thiazole rings is 1. The molecule has 0 bridgehead atoms. The van der Waals surface area contributed by atoms with E-state index in [-0.39, 0.29) is 24.0 Å². The van der Waals surface area contributed by atoms with E-state index in [0.717, 1.165) is 10.7 Å². The maximum Gasteiger partial charge on any atom is 0.226 e. The molecular weight excluding hydrogens is 248 g/mol. The van der Waals surface area contributed by atoms with E-state index >= 15 is 0 Å². The number of hydrogen-bond acceptors (Lipinski definition) is 4. The second-order valence-corrected chi connectivity index (χ2v) is 6.41. The van der Waals surface area contributed by atoms with E-state index in [2.05, 4.69) is 31.1 Å². The molecule has 0 aliphatic carbocycles. The Morgan fingerprint density at radius 3 is 2.72 bits per heavy atom. The van der Waals surface area contributed by atoms with Gasteiger partial charge in [0.2, 0.25) is 5.91 Å². The first-order chi connectivity index (χ1) is 8.32. The van der Waals surface area contributed by atoms with Crippen molar-refractivity contribution in [2.75, 3.05) is 6.61 Å². The van der Waals surface area contributed by atoms with Crippen LogP contribution in [0.2, 0.25) is 0 Å². The van der Waals surface area contributed by atoms with Crippen molar-refractivity contribution in [2.24, 2.45) is 0 Å². The van der Waals surface area contributed by atoms with Gasteiger partial charge in [-0.25, -0.2) is 4.98 Å². The number of aromatic nitrogens is 1. The highest BCUT2D eigenvalue weighted by atomic mass is 32.1. The summed E-state index contributed by atoms with van der Waals surface area (Å²) in [7, 11) is 0. The first-order valence-corrected chi connectivity index (χ1v) is 7.06. The lowest BCUT2D eigenvalue weighted by atomic mass is 9.98. The summed E-state index contributed by atoms with van der Waals surface area (Å²) in [5, 5.41) is 14.6. The topological polar surface area (TPSA) is 62.2 Å². The van der Waals surface area contributed by atoms with Crippen molar-refractivity contribution in [1.82, 2.24) is 10.3 Å². The minimum Gasteiger partial charge on any atom is -0.396 e. The highest BCUT2D eigenvalue weighted by Gasteiger charge is 2.19. The van der Waals surface area contributed by atoms with Gasteiger partial charge in [-0.1, -0.05) is 20.8 Å². The predicted molar refractivity (Wildman–Crippen MR) is 73.8 cm³/mol. The Bertz CT molecular complexity index is 396. The Kier molecular flexibility index (Phi) is 5.28. The highest BCUT2D eigenvalue weighted by molar-refractivity contribution is 7.09. The first kappa shape index (κ1) is 15.1. The summed E-state index contributed by atoms with van der Waals surface area (Å²) in [6.45, 7) is 8.30. The molecule has 1 heterocycles. The summed E-state index contributed by atoms with van der Waals surface area (Å²) in [6, 6.07) is 0.00298. The summed E-state index contributed by atoms with van der Waals surface area (Å²) in [5.74, 6) is -0.0401. The number of rotatable bonds is 5. The van der Waals surface area contributed by atoms with Gasteiger partial charge in [-0.15, -0.1) is 11.3 Å². The SMILES string of the molecule is CC(CCO)NC(=O)Cc1csc(C(C)(C)C)n1. The number of nitrogens with one attached hydrogen (secondary N) is 1. The molecule has 1 amide bonds. The monoisotopic (exact) mass is 270 g/mol. The van der Waals surface area contributed by atoms with Crippen molar-refractivity contribution in [3.05, 3.63) is 16.1 Å². The minimum absolute atomic E-state index is 0.00298. The van der Waals surface area contributed by atoms with Gasteiger partial charge >= 0.3 is 0 Å². The quantitative estimate of drug-likeness (QED) is 0.858. The van der Waals surface area contributed by atoms with E-state index in [9.17, 15) is 4.79 Å². The molecule has 0 aliphatic heterocycles. The Hall–Kier alpha value is -0.940. The van der Waals surface area contributed by atoms with Gasteiger partial charge in [-0.05, 0) is 13.3 Å². The van der Waals surface area contributed by atoms with Crippen LogP contribution in [0.4, 0.5) is 0 Å². The number of hydrogen-bond donors (Lipinski definition) is 2. The lowest BCUT2D eigenvalue weighted by molar-refractivity contribution is -0.121. The lowest BCUT2D eigenvalue weighted by Gasteiger charge is -2.14. The van der Waals surface area contributed by atoms with Crippen molar-refractivity contribution in [3.8, 4) is 0 Å². The molecule has 0 saturated carbocycles. The molecule has 0 saturated heterocycles. The van der Waals surface area contributed by atoms with Gasteiger partial charge in [-0.3, -0.25) is 4.79 Å². The van der Waals surface area contributed by atoms with E-state index in [1.807, 2.05) is 12.3 Å². The van der Waals surface area contributed by atoms with E-state index in [1.165, 1.54) is 0 Å². The van der Waals surface area contributed by atoms with Crippen molar-refractivity contribution in [2.45, 2.75) is 52.0 Å². The van der Waals surface area contributed by atoms with Gasteiger partial charge in [-0.2, -0.15) is 0 Å². The number of aliphatic hydroxyl groups is 1. The normalized spacial score (nSPS) is 13.4. The fraction of sp³-hybridized carbons (Fsp3) is 0.692. The molecular formula is C13H22N2O2S. The van der Waals surface area contributed by atoms with Gasteiger partial charge in [0.05, 0.1) is 17.1 Å². The van der Waals surface area contributed by atoms with Gasteiger partial charge in [0, 0.05) is 23.4 Å². The molecule has 18 heavy (non-hydrogen) atoms. The number of nitrogens with zero attached hydrogens (tertiary/aromatic N) is 1. The second-order valence-electron chi connectivity index (χ2n) is 5.55. The number of amides is 1. The number of carbonyl (C=O) groups is 1. The molecule has 0 radical (unpaired) electrons. The zero-order valence-electron chi connectivity index (χ0n) is 11.5. The van der Waals surface area contributed by atoms with Crippen LogP contribution in [-0.2, 0) is 16.6 Å². The van der Waals surface area contributed by atoms with Crippen LogP contribution in [-0.4, -0.2) is 28.6 Å². The van der Waals surface area contributed by atoms with Crippen molar-refractivity contribution >= 4 is 17.2 Å². The Balaban J connectivity index is 2.52. The van der Waals surface area contributed by atoms with E-state index in [1.54, 1.807) is 11.3 Å². The van der Waals surface area contributed by atoms with Crippen LogP contribution in [0.1, 0.15) is 44.8 Å². The fourth-order valence-electron chi connectivity index (χ4n) is 1.49. The van der Waals surface area contributed by atoms with Gasteiger partial charge in [0.15, 0.2) is 0 Å². The molecule has 1 atom stereocenters. The average Bonchev–Trinajstić information content (AvgIpc) is 2.65. The predicted octanol–water partition coefficient (Wildman–Crippen LogP) is 1.87. The largest absolute Gasteiger partial charge is 0.396 e. The maximum atomic E-state index is 11.7. The molecule has 0 aromatic carbocycles. The van der Waals surface area contributed by atoms with Crippen molar-refractivity contribution < 1.29 is 9.90 Å². The van der Waals surface area contributed by atoms with Crippen molar-refractivity contribution in [1.29, 1.82) is 0 Å². The fourth-order valence-corrected chi connectivity index (χ4v) is 2.40. The van der Waals surface area contributed by atoms with Crippen LogP contribution in [0, 0.1) is 0 Å². The Morgan fingerprint density at radius 2 is 2.22 bits per heavy atom. The zero-order chi connectivity index (χ0) is 13.8. The number of aliphatic hydroxyl groups excluding tert-OH is 1. The Labute approximate surface area is 112 Å². The molecule has 1 rings (SSSR count). The van der Waals surface area contributed by atoms with Gasteiger partial charge in [0.1, 0.15) is 0 Å². The van der Waals surface area contributed by atoms with Crippen LogP contribution < -0.4 is 5.32 Å². The molecule has 1 unspecified atom stereocenters. The molecule has 4 nitrogen and oxygen atoms in total. The summed E-state index contributed by atoms with van der Waals surface area (Å²) in [4.78, 5) is 16.2. The van der Waals surface area contributed by atoms with Gasteiger partial charge in [0.25, 0.3) is 0 Å². The van der Waals surface area contributed by atoms with E-state index in [4.69, 9.17) is 5.11 Å². The second kappa shape index (κ2) is 6.29. The first-order valence-electron chi connectivity index (χ1n) is 6.18. The van der Waals surface area contributed by atoms with Gasteiger partial charge < -0.3 is 10.4 Å². The summed E-state index contributed by atoms with van der Waals surface area (Å²) >= 11 is 1.60. The summed E-state index contributed by atoms with van der Waals surface area (Å²) < 4.78 is 0. The minimum atomic E-state index is -0.0401. The molecule has 2 N–H and O–H groups in total. The molecule has 0 spiro atoms. The maximum absolute atomic E-state index is 11.7. The van der Waals surface area contributed by atoms with Crippen LogP contribution >= 0.6 is 11.3 Å². The smallest absolute Gasteiger partial charge is 0.226 e. The third-order valence-electron chi connectivity index (χ3n) is 2.50. The van der Waals surface area contributed by atoms with Crippen LogP contribution in [0.15, 0.2) is 5.38 Å². The standard InChI is InChI=1S/C13H22N2O2S/c1-9(5-6-16)14-11(17)7-10-8-18-12(15-10)13(2,3)4/h8-9,16H,5-7H2,1-4H3,(H,14,17).